The van der Waals surface area contributed by atoms with Gasteiger partial charge in [0.25, 0.3) is 0 Å². The van der Waals surface area contributed by atoms with Crippen molar-refractivity contribution in [2.45, 2.75) is 33.7 Å². The van der Waals surface area contributed by atoms with E-state index in [-0.39, 0.29) is 18.4 Å². The number of thiophene rings is 1. The third-order valence-corrected chi connectivity index (χ3v) is 5.01. The van der Waals surface area contributed by atoms with Crippen molar-refractivity contribution >= 4 is 39.0 Å². The van der Waals surface area contributed by atoms with Gasteiger partial charge in [-0.15, -0.1) is 11.3 Å². The lowest BCUT2D eigenvalue weighted by Gasteiger charge is -2.13. The molecule has 2 heterocycles. The molecule has 6 heteroatoms. The van der Waals surface area contributed by atoms with E-state index in [0.29, 0.717) is 10.4 Å². The predicted octanol–water partition coefficient (Wildman–Crippen LogP) is 4.55. The molecule has 0 saturated heterocycles. The number of aromatic nitrogens is 1. The Morgan fingerprint density at radius 1 is 1.32 bits per heavy atom. The number of ether oxygens (including phenoxy) is 1. The summed E-state index contributed by atoms with van der Waals surface area (Å²) in [6.07, 6.45) is 0. The second-order valence-electron chi connectivity index (χ2n) is 5.35. The summed E-state index contributed by atoms with van der Waals surface area (Å²) in [5.74, 6) is -0.648. The fourth-order valence-electron chi connectivity index (χ4n) is 2.56. The van der Waals surface area contributed by atoms with Gasteiger partial charge in [-0.05, 0) is 61.8 Å². The third-order valence-electron chi connectivity index (χ3n) is 3.41. The van der Waals surface area contributed by atoms with Crippen molar-refractivity contribution in [1.82, 2.24) is 4.57 Å². The minimum atomic E-state index is -0.471. The maximum Gasteiger partial charge on any atom is 0.348 e. The third kappa shape index (κ3) is 3.50. The molecule has 4 nitrogen and oxygen atoms in total. The molecule has 2 aromatic heterocycles. The van der Waals surface area contributed by atoms with Crippen LogP contribution in [0.25, 0.3) is 0 Å². The Kier molecular flexibility index (Phi) is 5.24. The Hall–Kier alpha value is -1.40. The van der Waals surface area contributed by atoms with E-state index in [1.807, 2.05) is 19.9 Å². The lowest BCUT2D eigenvalue weighted by molar-refractivity contribution is 0.0479. The lowest BCUT2D eigenvalue weighted by atomic mass is 10.1. The SMILES string of the molecule is Cc1cc(C(=O)COC(=O)c2ccc(Br)s2)c(C)n1C(C)C. The van der Waals surface area contributed by atoms with Gasteiger partial charge in [0.2, 0.25) is 5.78 Å². The van der Waals surface area contributed by atoms with Crippen molar-refractivity contribution in [3.05, 3.63) is 43.8 Å². The van der Waals surface area contributed by atoms with Gasteiger partial charge in [0, 0.05) is 23.0 Å². The Bertz CT molecular complexity index is 715. The Morgan fingerprint density at radius 2 is 2.00 bits per heavy atom. The molecule has 2 aromatic rings. The number of hydrogen-bond donors (Lipinski definition) is 0. The van der Waals surface area contributed by atoms with Crippen molar-refractivity contribution in [2.75, 3.05) is 6.61 Å². The molecule has 0 aliphatic heterocycles. The standard InChI is InChI=1S/C16H18BrNO3S/c1-9(2)18-10(3)7-12(11(18)4)13(19)8-21-16(20)14-5-6-15(17)22-14/h5-7,9H,8H2,1-4H3. The van der Waals surface area contributed by atoms with Gasteiger partial charge in [0.15, 0.2) is 6.61 Å². The highest BCUT2D eigenvalue weighted by Gasteiger charge is 2.19. The van der Waals surface area contributed by atoms with Crippen molar-refractivity contribution in [3.8, 4) is 0 Å². The largest absolute Gasteiger partial charge is 0.453 e. The molecular formula is C16H18BrNO3S. The monoisotopic (exact) mass is 383 g/mol. The van der Waals surface area contributed by atoms with E-state index in [0.717, 1.165) is 15.2 Å². The summed E-state index contributed by atoms with van der Waals surface area (Å²) in [7, 11) is 0. The van der Waals surface area contributed by atoms with E-state index in [1.165, 1.54) is 11.3 Å². The maximum atomic E-state index is 12.3. The van der Waals surface area contributed by atoms with Crippen LogP contribution in [0.15, 0.2) is 22.0 Å². The summed E-state index contributed by atoms with van der Waals surface area (Å²) in [5.41, 5.74) is 2.56. The molecule has 0 atom stereocenters. The van der Waals surface area contributed by atoms with Crippen LogP contribution >= 0.6 is 27.3 Å². The molecule has 2 rings (SSSR count). The van der Waals surface area contributed by atoms with E-state index < -0.39 is 5.97 Å². The van der Waals surface area contributed by atoms with Gasteiger partial charge >= 0.3 is 5.97 Å². The maximum absolute atomic E-state index is 12.3. The quantitative estimate of drug-likeness (QED) is 0.561. The molecule has 0 aromatic carbocycles. The van der Waals surface area contributed by atoms with Crippen LogP contribution in [0, 0.1) is 13.8 Å². The van der Waals surface area contributed by atoms with Gasteiger partial charge in [0.1, 0.15) is 4.88 Å². The molecule has 0 aliphatic carbocycles. The van der Waals surface area contributed by atoms with E-state index >= 15 is 0 Å². The number of Topliss-reactive ketones (excluding diaryl/α,β-unsaturated/α-hetero) is 1. The highest BCUT2D eigenvalue weighted by molar-refractivity contribution is 9.11. The number of esters is 1. The molecule has 22 heavy (non-hydrogen) atoms. The molecule has 0 amide bonds. The first-order valence-corrected chi connectivity index (χ1v) is 8.56. The van der Waals surface area contributed by atoms with Crippen LogP contribution in [0.4, 0.5) is 0 Å². The van der Waals surface area contributed by atoms with Gasteiger partial charge in [0.05, 0.1) is 3.79 Å². The zero-order valence-electron chi connectivity index (χ0n) is 13.0. The Balaban J connectivity index is 2.07. The smallest absolute Gasteiger partial charge is 0.348 e. The number of carbonyl (C=O) groups is 2. The molecule has 0 bridgehead atoms. The highest BCUT2D eigenvalue weighted by Crippen LogP contribution is 2.23. The van der Waals surface area contributed by atoms with Crippen LogP contribution in [0.2, 0.25) is 0 Å². The van der Waals surface area contributed by atoms with E-state index in [9.17, 15) is 9.59 Å². The average Bonchev–Trinajstić information content (AvgIpc) is 2.99. The summed E-state index contributed by atoms with van der Waals surface area (Å²) in [6.45, 7) is 7.79. The van der Waals surface area contributed by atoms with Gasteiger partial charge in [-0.3, -0.25) is 4.79 Å². The number of rotatable bonds is 5. The molecule has 0 saturated carbocycles. The Morgan fingerprint density at radius 3 is 2.50 bits per heavy atom. The van der Waals surface area contributed by atoms with Crippen LogP contribution in [-0.2, 0) is 4.74 Å². The van der Waals surface area contributed by atoms with Crippen molar-refractivity contribution in [2.24, 2.45) is 0 Å². The second-order valence-corrected chi connectivity index (χ2v) is 7.81. The zero-order chi connectivity index (χ0) is 16.4. The molecule has 0 N–H and O–H groups in total. The van der Waals surface area contributed by atoms with Crippen LogP contribution in [0.1, 0.15) is 51.3 Å². The second kappa shape index (κ2) is 6.79. The van der Waals surface area contributed by atoms with Gasteiger partial charge in [-0.2, -0.15) is 0 Å². The minimum Gasteiger partial charge on any atom is -0.453 e. The van der Waals surface area contributed by atoms with Gasteiger partial charge < -0.3 is 9.30 Å². The molecule has 0 unspecified atom stereocenters. The Labute approximate surface area is 142 Å². The van der Waals surface area contributed by atoms with Gasteiger partial charge in [-0.25, -0.2) is 4.79 Å². The number of halogens is 1. The summed E-state index contributed by atoms with van der Waals surface area (Å²) < 4.78 is 8.07. The number of aryl methyl sites for hydroxylation is 1. The summed E-state index contributed by atoms with van der Waals surface area (Å²) >= 11 is 4.58. The number of ketones is 1. The first kappa shape index (κ1) is 17.0. The van der Waals surface area contributed by atoms with Crippen LogP contribution in [0.3, 0.4) is 0 Å². The van der Waals surface area contributed by atoms with Crippen molar-refractivity contribution in [1.29, 1.82) is 0 Å². The average molecular weight is 384 g/mol. The lowest BCUT2D eigenvalue weighted by Crippen LogP contribution is -2.14. The molecule has 0 radical (unpaired) electrons. The van der Waals surface area contributed by atoms with Crippen LogP contribution < -0.4 is 0 Å². The molecule has 118 valence electrons. The van der Waals surface area contributed by atoms with Gasteiger partial charge in [-0.1, -0.05) is 0 Å². The molecular weight excluding hydrogens is 366 g/mol. The summed E-state index contributed by atoms with van der Waals surface area (Å²) in [4.78, 5) is 24.6. The summed E-state index contributed by atoms with van der Waals surface area (Å²) in [5, 5.41) is 0. The fourth-order valence-corrected chi connectivity index (χ4v) is 3.84. The predicted molar refractivity (Wildman–Crippen MR) is 90.9 cm³/mol. The number of hydrogen-bond acceptors (Lipinski definition) is 4. The molecule has 0 fully saturated rings. The van der Waals surface area contributed by atoms with Crippen molar-refractivity contribution in [3.63, 3.8) is 0 Å². The molecule has 0 spiro atoms. The highest BCUT2D eigenvalue weighted by atomic mass is 79.9. The van der Waals surface area contributed by atoms with Crippen LogP contribution in [0.5, 0.6) is 0 Å². The topological polar surface area (TPSA) is 48.3 Å². The molecule has 0 aliphatic rings. The van der Waals surface area contributed by atoms with Crippen LogP contribution in [-0.4, -0.2) is 22.9 Å². The van der Waals surface area contributed by atoms with E-state index in [2.05, 4.69) is 34.3 Å². The fraction of sp³-hybridized carbons (Fsp3) is 0.375. The zero-order valence-corrected chi connectivity index (χ0v) is 15.4. The first-order chi connectivity index (χ1) is 10.3. The van der Waals surface area contributed by atoms with E-state index in [4.69, 9.17) is 4.74 Å². The van der Waals surface area contributed by atoms with Crippen molar-refractivity contribution < 1.29 is 14.3 Å². The minimum absolute atomic E-state index is 0.177. The first-order valence-electron chi connectivity index (χ1n) is 6.95. The van der Waals surface area contributed by atoms with E-state index in [1.54, 1.807) is 12.1 Å². The number of carbonyl (C=O) groups excluding carboxylic acids is 2. The normalized spacial score (nSPS) is 11.0. The number of nitrogens with zero attached hydrogens (tertiary/aromatic N) is 1. The summed E-state index contributed by atoms with van der Waals surface area (Å²) in [6, 6.07) is 5.59.